The van der Waals surface area contributed by atoms with Gasteiger partial charge in [-0.15, -0.1) is 0 Å². The van der Waals surface area contributed by atoms with Crippen molar-refractivity contribution in [3.05, 3.63) is 121 Å². The standard InChI is InChI=1S/C29H22Si/c1-21-11-10-12-22-19-29-27(20-26(21)22)25-17-8-9-18-28(25)30(29,23-13-4-2-5-14-23)24-15-6-3-7-16-24/h2-20H,1H3. The molecule has 5 aromatic carbocycles. The molecule has 1 aliphatic heterocycles. The van der Waals surface area contributed by atoms with Crippen LogP contribution in [0.25, 0.3) is 21.9 Å². The number of fused-ring (bicyclic) bond motifs is 4. The molecule has 0 atom stereocenters. The molecule has 0 unspecified atom stereocenters. The maximum atomic E-state index is 2.49. The summed E-state index contributed by atoms with van der Waals surface area (Å²) in [7, 11) is -2.36. The normalized spacial score (nSPS) is 13.8. The highest BCUT2D eigenvalue weighted by Crippen LogP contribution is 2.32. The third kappa shape index (κ3) is 2.27. The van der Waals surface area contributed by atoms with Crippen molar-refractivity contribution < 1.29 is 0 Å². The van der Waals surface area contributed by atoms with Gasteiger partial charge in [-0.1, -0.05) is 109 Å². The smallest absolute Gasteiger partial charge is 0.0623 e. The minimum atomic E-state index is -2.36. The molecule has 0 fully saturated rings. The van der Waals surface area contributed by atoms with Crippen LogP contribution in [0.5, 0.6) is 0 Å². The van der Waals surface area contributed by atoms with E-state index in [2.05, 4.69) is 122 Å². The van der Waals surface area contributed by atoms with E-state index in [1.165, 1.54) is 48.2 Å². The van der Waals surface area contributed by atoms with Crippen molar-refractivity contribution in [2.75, 3.05) is 0 Å². The van der Waals surface area contributed by atoms with Crippen molar-refractivity contribution in [3.63, 3.8) is 0 Å². The van der Waals surface area contributed by atoms with Crippen LogP contribution in [0.3, 0.4) is 0 Å². The Bertz CT molecular complexity index is 1350. The molecule has 1 heterocycles. The first-order valence-corrected chi connectivity index (χ1v) is 12.5. The first kappa shape index (κ1) is 17.4. The van der Waals surface area contributed by atoms with Crippen LogP contribution >= 0.6 is 0 Å². The Morgan fingerprint density at radius 1 is 0.500 bits per heavy atom. The third-order valence-corrected chi connectivity index (χ3v) is 11.5. The van der Waals surface area contributed by atoms with Gasteiger partial charge in [-0.25, -0.2) is 0 Å². The molecule has 0 nitrogen and oxygen atoms in total. The van der Waals surface area contributed by atoms with Crippen LogP contribution in [0.15, 0.2) is 115 Å². The maximum absolute atomic E-state index is 2.49. The monoisotopic (exact) mass is 398 g/mol. The van der Waals surface area contributed by atoms with Crippen LogP contribution in [-0.4, -0.2) is 8.07 Å². The molecule has 0 amide bonds. The van der Waals surface area contributed by atoms with E-state index in [0.29, 0.717) is 0 Å². The molecule has 0 aliphatic carbocycles. The quantitative estimate of drug-likeness (QED) is 0.377. The molecule has 0 saturated heterocycles. The van der Waals surface area contributed by atoms with Crippen molar-refractivity contribution in [1.29, 1.82) is 0 Å². The molecule has 0 radical (unpaired) electrons. The maximum Gasteiger partial charge on any atom is 0.180 e. The van der Waals surface area contributed by atoms with Crippen LogP contribution in [0.1, 0.15) is 5.56 Å². The summed E-state index contributed by atoms with van der Waals surface area (Å²) in [5, 5.41) is 8.62. The molecule has 0 aromatic heterocycles. The van der Waals surface area contributed by atoms with E-state index < -0.39 is 8.07 Å². The topological polar surface area (TPSA) is 0 Å². The summed E-state index contributed by atoms with van der Waals surface area (Å²) < 4.78 is 0. The average Bonchev–Trinajstić information content (AvgIpc) is 3.10. The van der Waals surface area contributed by atoms with Gasteiger partial charge in [0, 0.05) is 0 Å². The first-order chi connectivity index (χ1) is 14.8. The fourth-order valence-corrected chi connectivity index (χ4v) is 10.6. The lowest BCUT2D eigenvalue weighted by molar-refractivity contribution is 1.53. The zero-order valence-electron chi connectivity index (χ0n) is 17.0. The van der Waals surface area contributed by atoms with Gasteiger partial charge in [0.05, 0.1) is 0 Å². The SMILES string of the molecule is Cc1cccc2cc3c(cc12)-c1ccccc1[Si]3(c1ccccc1)c1ccccc1. The van der Waals surface area contributed by atoms with Gasteiger partial charge in [0.2, 0.25) is 0 Å². The van der Waals surface area contributed by atoms with Crippen molar-refractivity contribution in [3.8, 4) is 11.1 Å². The van der Waals surface area contributed by atoms with Gasteiger partial charge >= 0.3 is 0 Å². The van der Waals surface area contributed by atoms with Gasteiger partial charge in [0.15, 0.2) is 8.07 Å². The Hall–Kier alpha value is -3.42. The predicted octanol–water partition coefficient (Wildman–Crippen LogP) is 4.51. The summed E-state index contributed by atoms with van der Waals surface area (Å²) >= 11 is 0. The first-order valence-electron chi connectivity index (χ1n) is 10.5. The van der Waals surface area contributed by atoms with Crippen molar-refractivity contribution >= 4 is 39.6 Å². The molecule has 5 aromatic rings. The molecule has 1 heteroatoms. The second kappa shape index (κ2) is 6.55. The zero-order valence-corrected chi connectivity index (χ0v) is 18.0. The molecular weight excluding hydrogens is 376 g/mol. The minimum absolute atomic E-state index is 1.34. The van der Waals surface area contributed by atoms with Crippen molar-refractivity contribution in [2.24, 2.45) is 0 Å². The second-order valence-corrected chi connectivity index (χ2v) is 12.0. The van der Waals surface area contributed by atoms with Crippen LogP contribution in [-0.2, 0) is 0 Å². The number of aryl methyl sites for hydroxylation is 1. The average molecular weight is 399 g/mol. The summed E-state index contributed by atoms with van der Waals surface area (Å²) in [5.41, 5.74) is 4.15. The Labute approximate surface area is 178 Å². The highest BCUT2D eigenvalue weighted by atomic mass is 28.3. The van der Waals surface area contributed by atoms with E-state index in [0.717, 1.165) is 0 Å². The molecule has 30 heavy (non-hydrogen) atoms. The molecule has 0 saturated carbocycles. The van der Waals surface area contributed by atoms with E-state index in [9.17, 15) is 0 Å². The molecule has 1 aliphatic rings. The van der Waals surface area contributed by atoms with Gasteiger partial charge in [-0.3, -0.25) is 0 Å². The van der Waals surface area contributed by atoms with Crippen LogP contribution < -0.4 is 20.7 Å². The van der Waals surface area contributed by atoms with Gasteiger partial charge in [0.25, 0.3) is 0 Å². The van der Waals surface area contributed by atoms with E-state index in [4.69, 9.17) is 0 Å². The fourth-order valence-electron chi connectivity index (χ4n) is 5.37. The van der Waals surface area contributed by atoms with Gasteiger partial charge in [0.1, 0.15) is 0 Å². The van der Waals surface area contributed by atoms with E-state index in [1.54, 1.807) is 0 Å². The lowest BCUT2D eigenvalue weighted by Gasteiger charge is -2.31. The van der Waals surface area contributed by atoms with Gasteiger partial charge in [-0.05, 0) is 61.2 Å². The largest absolute Gasteiger partial charge is 0.180 e. The number of benzene rings is 5. The molecule has 142 valence electrons. The van der Waals surface area contributed by atoms with Crippen molar-refractivity contribution in [1.82, 2.24) is 0 Å². The molecule has 0 bridgehead atoms. The highest BCUT2D eigenvalue weighted by molar-refractivity contribution is 7.22. The Morgan fingerprint density at radius 3 is 1.83 bits per heavy atom. The lowest BCUT2D eigenvalue weighted by Crippen LogP contribution is -2.72. The fraction of sp³-hybridized carbons (Fsp3) is 0.0345. The Balaban J connectivity index is 1.83. The summed E-state index contributed by atoms with van der Waals surface area (Å²) in [5.74, 6) is 0. The van der Waals surface area contributed by atoms with Gasteiger partial charge in [-0.2, -0.15) is 0 Å². The van der Waals surface area contributed by atoms with E-state index in [1.807, 2.05) is 0 Å². The van der Waals surface area contributed by atoms with E-state index >= 15 is 0 Å². The summed E-state index contributed by atoms with van der Waals surface area (Å²) in [6.07, 6.45) is 0. The van der Waals surface area contributed by atoms with Crippen molar-refractivity contribution in [2.45, 2.75) is 6.92 Å². The summed E-state index contributed by atoms with van der Waals surface area (Å²) in [6, 6.07) is 43.1. The molecular formula is C29H22Si. The highest BCUT2D eigenvalue weighted by Gasteiger charge is 2.48. The lowest BCUT2D eigenvalue weighted by atomic mass is 9.99. The second-order valence-electron chi connectivity index (χ2n) is 8.22. The summed E-state index contributed by atoms with van der Waals surface area (Å²) in [4.78, 5) is 0. The molecule has 0 N–H and O–H groups in total. The summed E-state index contributed by atoms with van der Waals surface area (Å²) in [6.45, 7) is 2.22. The minimum Gasteiger partial charge on any atom is -0.0623 e. The molecule has 0 spiro atoms. The third-order valence-electron chi connectivity index (χ3n) is 6.68. The number of rotatable bonds is 2. The number of hydrogen-bond donors (Lipinski definition) is 0. The van der Waals surface area contributed by atoms with Crippen LogP contribution in [0.4, 0.5) is 0 Å². The van der Waals surface area contributed by atoms with E-state index in [-0.39, 0.29) is 0 Å². The van der Waals surface area contributed by atoms with Gasteiger partial charge < -0.3 is 0 Å². The Morgan fingerprint density at radius 2 is 1.13 bits per heavy atom. The van der Waals surface area contributed by atoms with Crippen LogP contribution in [0, 0.1) is 6.92 Å². The molecule has 6 rings (SSSR count). The number of hydrogen-bond acceptors (Lipinski definition) is 0. The van der Waals surface area contributed by atoms with Crippen LogP contribution in [0.2, 0.25) is 0 Å². The predicted molar refractivity (Wildman–Crippen MR) is 131 cm³/mol. The zero-order chi connectivity index (χ0) is 20.1. The Kier molecular flexibility index (Phi) is 3.81.